The summed E-state index contributed by atoms with van der Waals surface area (Å²) in [6, 6.07) is 8.71. The van der Waals surface area contributed by atoms with E-state index in [1.165, 1.54) is 5.56 Å². The Morgan fingerprint density at radius 1 is 1.44 bits per heavy atom. The third-order valence-electron chi connectivity index (χ3n) is 3.47. The van der Waals surface area contributed by atoms with Crippen molar-refractivity contribution in [3.8, 4) is 0 Å². The van der Waals surface area contributed by atoms with E-state index in [1.54, 1.807) is 0 Å². The SMILES string of the molecule is CN(C)C(c1cccc(Br)c1)C1(CO)CC1. The van der Waals surface area contributed by atoms with E-state index < -0.39 is 0 Å². The van der Waals surface area contributed by atoms with Crippen LogP contribution in [0.3, 0.4) is 0 Å². The fourth-order valence-corrected chi connectivity index (χ4v) is 2.97. The second-order valence-electron chi connectivity index (χ2n) is 4.94. The van der Waals surface area contributed by atoms with Gasteiger partial charge in [-0.3, -0.25) is 0 Å². The molecule has 1 N–H and O–H groups in total. The summed E-state index contributed by atoms with van der Waals surface area (Å²) in [5, 5.41) is 9.57. The quantitative estimate of drug-likeness (QED) is 0.919. The Kier molecular flexibility index (Phi) is 3.38. The van der Waals surface area contributed by atoms with Gasteiger partial charge in [0.1, 0.15) is 0 Å². The second-order valence-corrected chi connectivity index (χ2v) is 5.86. The molecule has 1 aromatic carbocycles. The van der Waals surface area contributed by atoms with Crippen LogP contribution in [0.5, 0.6) is 0 Å². The van der Waals surface area contributed by atoms with Gasteiger partial charge in [-0.1, -0.05) is 28.1 Å². The van der Waals surface area contributed by atoms with Gasteiger partial charge >= 0.3 is 0 Å². The number of aliphatic hydroxyl groups excluding tert-OH is 1. The molecule has 0 radical (unpaired) electrons. The zero-order chi connectivity index (χ0) is 11.8. The van der Waals surface area contributed by atoms with Crippen LogP contribution in [0.15, 0.2) is 28.7 Å². The van der Waals surface area contributed by atoms with Crippen molar-refractivity contribution in [2.45, 2.75) is 18.9 Å². The molecule has 1 aliphatic carbocycles. The van der Waals surface area contributed by atoms with Crippen LogP contribution in [0.2, 0.25) is 0 Å². The van der Waals surface area contributed by atoms with E-state index in [2.05, 4.69) is 53.1 Å². The molecule has 88 valence electrons. The van der Waals surface area contributed by atoms with Crippen molar-refractivity contribution in [1.29, 1.82) is 0 Å². The molecule has 0 aromatic heterocycles. The molecule has 1 atom stereocenters. The molecular formula is C13H18BrNO. The molecule has 0 spiro atoms. The molecular weight excluding hydrogens is 266 g/mol. The van der Waals surface area contributed by atoms with Crippen molar-refractivity contribution in [3.63, 3.8) is 0 Å². The number of hydrogen-bond acceptors (Lipinski definition) is 2. The molecule has 0 amide bonds. The Morgan fingerprint density at radius 2 is 2.12 bits per heavy atom. The molecule has 1 aromatic rings. The number of aliphatic hydroxyl groups is 1. The first-order valence-electron chi connectivity index (χ1n) is 5.62. The molecule has 1 fully saturated rings. The van der Waals surface area contributed by atoms with Crippen molar-refractivity contribution in [1.82, 2.24) is 4.90 Å². The van der Waals surface area contributed by atoms with Crippen molar-refractivity contribution in [2.75, 3.05) is 20.7 Å². The number of hydrogen-bond donors (Lipinski definition) is 1. The van der Waals surface area contributed by atoms with Crippen LogP contribution in [-0.2, 0) is 0 Å². The van der Waals surface area contributed by atoms with Crippen LogP contribution in [-0.4, -0.2) is 30.7 Å². The molecule has 0 aliphatic heterocycles. The van der Waals surface area contributed by atoms with Gasteiger partial charge in [0.05, 0.1) is 6.61 Å². The Bertz CT molecular complexity index is 374. The van der Waals surface area contributed by atoms with Gasteiger partial charge in [-0.15, -0.1) is 0 Å². The fraction of sp³-hybridized carbons (Fsp3) is 0.538. The van der Waals surface area contributed by atoms with Gasteiger partial charge in [-0.05, 0) is 44.6 Å². The Balaban J connectivity index is 2.33. The zero-order valence-corrected chi connectivity index (χ0v) is 11.4. The second kappa shape index (κ2) is 4.47. The highest BCUT2D eigenvalue weighted by Crippen LogP contribution is 2.56. The van der Waals surface area contributed by atoms with Crippen molar-refractivity contribution < 1.29 is 5.11 Å². The van der Waals surface area contributed by atoms with Gasteiger partial charge in [-0.25, -0.2) is 0 Å². The lowest BCUT2D eigenvalue weighted by Gasteiger charge is -2.32. The number of benzene rings is 1. The summed E-state index contributed by atoms with van der Waals surface area (Å²) in [6.07, 6.45) is 2.25. The third kappa shape index (κ3) is 2.17. The predicted molar refractivity (Wildman–Crippen MR) is 69.3 cm³/mol. The summed E-state index contributed by atoms with van der Waals surface area (Å²) >= 11 is 3.51. The lowest BCUT2D eigenvalue weighted by Crippen LogP contribution is -2.30. The Hall–Kier alpha value is -0.380. The van der Waals surface area contributed by atoms with Gasteiger partial charge < -0.3 is 10.0 Å². The number of nitrogens with zero attached hydrogens (tertiary/aromatic N) is 1. The highest BCUT2D eigenvalue weighted by Gasteiger charge is 2.50. The van der Waals surface area contributed by atoms with Crippen LogP contribution in [0.4, 0.5) is 0 Å². The maximum atomic E-state index is 9.57. The van der Waals surface area contributed by atoms with E-state index in [-0.39, 0.29) is 12.0 Å². The lowest BCUT2D eigenvalue weighted by molar-refractivity contribution is 0.115. The summed E-state index contributed by atoms with van der Waals surface area (Å²) in [5.74, 6) is 0. The topological polar surface area (TPSA) is 23.5 Å². The van der Waals surface area contributed by atoms with Gasteiger partial charge in [0.25, 0.3) is 0 Å². The van der Waals surface area contributed by atoms with Gasteiger partial charge in [0.2, 0.25) is 0 Å². The van der Waals surface area contributed by atoms with Crippen LogP contribution < -0.4 is 0 Å². The highest BCUT2D eigenvalue weighted by atomic mass is 79.9. The molecule has 2 nitrogen and oxygen atoms in total. The molecule has 1 saturated carbocycles. The highest BCUT2D eigenvalue weighted by molar-refractivity contribution is 9.10. The van der Waals surface area contributed by atoms with Crippen LogP contribution in [0, 0.1) is 5.41 Å². The number of halogens is 1. The minimum atomic E-state index is 0.0876. The maximum absolute atomic E-state index is 9.57. The smallest absolute Gasteiger partial charge is 0.0505 e. The van der Waals surface area contributed by atoms with Crippen LogP contribution in [0.25, 0.3) is 0 Å². The average Bonchev–Trinajstić information content (AvgIpc) is 2.99. The number of rotatable bonds is 4. The van der Waals surface area contributed by atoms with E-state index >= 15 is 0 Å². The molecule has 0 bridgehead atoms. The molecule has 3 heteroatoms. The van der Waals surface area contributed by atoms with Crippen molar-refractivity contribution in [2.24, 2.45) is 5.41 Å². The van der Waals surface area contributed by atoms with Crippen molar-refractivity contribution in [3.05, 3.63) is 34.3 Å². The molecule has 0 saturated heterocycles. The Labute approximate surface area is 105 Å². The monoisotopic (exact) mass is 283 g/mol. The van der Waals surface area contributed by atoms with Gasteiger partial charge in [0.15, 0.2) is 0 Å². The van der Waals surface area contributed by atoms with Crippen LogP contribution >= 0.6 is 15.9 Å². The van der Waals surface area contributed by atoms with Gasteiger partial charge in [0, 0.05) is 15.9 Å². The summed E-state index contributed by atoms with van der Waals surface area (Å²) < 4.78 is 1.10. The lowest BCUT2D eigenvalue weighted by atomic mass is 9.90. The van der Waals surface area contributed by atoms with E-state index in [0.717, 1.165) is 17.3 Å². The van der Waals surface area contributed by atoms with Gasteiger partial charge in [-0.2, -0.15) is 0 Å². The first-order valence-corrected chi connectivity index (χ1v) is 6.41. The summed E-state index contributed by atoms with van der Waals surface area (Å²) in [4.78, 5) is 2.21. The average molecular weight is 284 g/mol. The normalized spacial score (nSPS) is 19.8. The summed E-state index contributed by atoms with van der Waals surface area (Å²) in [5.41, 5.74) is 1.37. The Morgan fingerprint density at radius 3 is 2.56 bits per heavy atom. The zero-order valence-electron chi connectivity index (χ0n) is 9.78. The molecule has 2 rings (SSSR count). The van der Waals surface area contributed by atoms with E-state index in [1.807, 2.05) is 6.07 Å². The summed E-state index contributed by atoms with van der Waals surface area (Å²) in [7, 11) is 4.17. The first kappa shape index (κ1) is 12.1. The minimum Gasteiger partial charge on any atom is -0.396 e. The van der Waals surface area contributed by atoms with Crippen molar-refractivity contribution >= 4 is 15.9 Å². The molecule has 0 heterocycles. The molecule has 16 heavy (non-hydrogen) atoms. The third-order valence-corrected chi connectivity index (χ3v) is 3.96. The predicted octanol–water partition coefficient (Wildman–Crippen LogP) is 2.82. The summed E-state index contributed by atoms with van der Waals surface area (Å²) in [6.45, 7) is 0.280. The minimum absolute atomic E-state index is 0.0876. The van der Waals surface area contributed by atoms with Crippen LogP contribution in [0.1, 0.15) is 24.4 Å². The largest absolute Gasteiger partial charge is 0.396 e. The molecule has 1 aliphatic rings. The van der Waals surface area contributed by atoms with E-state index in [9.17, 15) is 5.11 Å². The van der Waals surface area contributed by atoms with E-state index in [4.69, 9.17) is 0 Å². The molecule has 1 unspecified atom stereocenters. The maximum Gasteiger partial charge on any atom is 0.0505 e. The fourth-order valence-electron chi connectivity index (χ4n) is 2.55. The standard InChI is InChI=1S/C13H18BrNO/c1-15(2)12(13(9-16)6-7-13)10-4-3-5-11(14)8-10/h3-5,8,12,16H,6-7,9H2,1-2H3. The first-order chi connectivity index (χ1) is 7.59. The van der Waals surface area contributed by atoms with E-state index in [0.29, 0.717) is 6.04 Å².